The third kappa shape index (κ3) is 7.93. The molecule has 1 atom stereocenters. The van der Waals surface area contributed by atoms with Crippen molar-refractivity contribution in [1.29, 1.82) is 0 Å². The molecule has 0 aromatic heterocycles. The van der Waals surface area contributed by atoms with E-state index in [0.717, 1.165) is 32.6 Å². The predicted molar refractivity (Wildman–Crippen MR) is 147 cm³/mol. The van der Waals surface area contributed by atoms with Crippen molar-refractivity contribution in [3.63, 3.8) is 0 Å². The van der Waals surface area contributed by atoms with Gasteiger partial charge in [0.25, 0.3) is 0 Å². The van der Waals surface area contributed by atoms with Crippen LogP contribution in [0.4, 0.5) is 5.69 Å². The quantitative estimate of drug-likeness (QED) is 0.399. The van der Waals surface area contributed by atoms with E-state index in [-0.39, 0.29) is 12.5 Å². The molecule has 10 heteroatoms. The number of nitrogens with zero attached hydrogens (tertiary/aromatic N) is 3. The fourth-order valence-electron chi connectivity index (χ4n) is 3.78. The summed E-state index contributed by atoms with van der Waals surface area (Å²) in [5, 5.41) is 2.88. The molecular formula is C27H40N4O5S. The van der Waals surface area contributed by atoms with Crippen molar-refractivity contribution in [1.82, 2.24) is 14.5 Å². The lowest BCUT2D eigenvalue weighted by Gasteiger charge is -2.33. The predicted octanol–water partition coefficient (Wildman–Crippen LogP) is 3.26. The molecule has 0 aliphatic carbocycles. The van der Waals surface area contributed by atoms with Crippen LogP contribution in [0.5, 0.6) is 5.75 Å². The van der Waals surface area contributed by atoms with Crippen molar-refractivity contribution < 1.29 is 22.7 Å². The van der Waals surface area contributed by atoms with Gasteiger partial charge in [-0.15, -0.1) is 0 Å². The van der Waals surface area contributed by atoms with Gasteiger partial charge in [0.05, 0.1) is 12.8 Å². The highest BCUT2D eigenvalue weighted by Gasteiger charge is 2.33. The smallest absolute Gasteiger partial charge is 0.304 e. The minimum absolute atomic E-state index is 0.112. The Morgan fingerprint density at radius 1 is 1.08 bits per heavy atom. The third-order valence-electron chi connectivity index (χ3n) is 6.14. The Kier molecular flexibility index (Phi) is 10.9. The first-order valence-corrected chi connectivity index (χ1v) is 13.8. The second kappa shape index (κ2) is 13.4. The molecular weight excluding hydrogens is 492 g/mol. The van der Waals surface area contributed by atoms with Crippen molar-refractivity contribution >= 4 is 27.7 Å². The van der Waals surface area contributed by atoms with E-state index in [2.05, 4.69) is 5.32 Å². The van der Waals surface area contributed by atoms with Crippen LogP contribution in [0.25, 0.3) is 0 Å². The number of methoxy groups -OCH3 is 1. The molecule has 1 unspecified atom stereocenters. The highest BCUT2D eigenvalue weighted by Crippen LogP contribution is 2.26. The molecule has 9 nitrogen and oxygen atoms in total. The standard InChI is InChI=1S/C27H40N4O5S/c1-8-9-15-28-27(33)22(4)30(18-23-11-10-12-24(17-23)36-7)26(32)19-31(37(34,35)29(5)6)25-16-20(2)13-14-21(25)3/h10-14,16-17,22H,8-9,15,18-19H2,1-7H3,(H,28,33). The third-order valence-corrected chi connectivity index (χ3v) is 7.94. The molecule has 2 aromatic carbocycles. The van der Waals surface area contributed by atoms with Crippen LogP contribution in [-0.2, 0) is 26.3 Å². The van der Waals surface area contributed by atoms with Crippen molar-refractivity contribution in [2.24, 2.45) is 0 Å². The average molecular weight is 533 g/mol. The molecule has 0 fully saturated rings. The van der Waals surface area contributed by atoms with Crippen molar-refractivity contribution in [2.75, 3.05) is 38.6 Å². The lowest BCUT2D eigenvalue weighted by molar-refractivity contribution is -0.139. The summed E-state index contributed by atoms with van der Waals surface area (Å²) in [5.41, 5.74) is 2.76. The number of nitrogens with one attached hydrogen (secondary N) is 1. The number of hydrogen-bond acceptors (Lipinski definition) is 5. The molecule has 2 aromatic rings. The van der Waals surface area contributed by atoms with Crippen LogP contribution < -0.4 is 14.4 Å². The number of amides is 2. The van der Waals surface area contributed by atoms with Crippen molar-refractivity contribution in [3.05, 3.63) is 59.2 Å². The number of benzene rings is 2. The number of ether oxygens (including phenoxy) is 1. The minimum atomic E-state index is -4.01. The van der Waals surface area contributed by atoms with Gasteiger partial charge in [-0.25, -0.2) is 4.31 Å². The highest BCUT2D eigenvalue weighted by atomic mass is 32.2. The SMILES string of the molecule is CCCCNC(=O)C(C)N(Cc1cccc(OC)c1)C(=O)CN(c1cc(C)ccc1C)S(=O)(=O)N(C)C. The molecule has 0 heterocycles. The summed E-state index contributed by atoms with van der Waals surface area (Å²) in [4.78, 5) is 28.2. The number of unbranched alkanes of at least 4 members (excludes halogenated alkanes) is 1. The van der Waals surface area contributed by atoms with Crippen LogP contribution in [0.3, 0.4) is 0 Å². The van der Waals surface area contributed by atoms with E-state index in [9.17, 15) is 18.0 Å². The molecule has 0 saturated heterocycles. The molecule has 2 rings (SSSR count). The number of anilines is 1. The Morgan fingerprint density at radius 2 is 1.78 bits per heavy atom. The Morgan fingerprint density at radius 3 is 2.41 bits per heavy atom. The summed E-state index contributed by atoms with van der Waals surface area (Å²) in [6, 6.07) is 11.9. The second-order valence-electron chi connectivity index (χ2n) is 9.28. The van der Waals surface area contributed by atoms with E-state index < -0.39 is 28.7 Å². The number of hydrogen-bond donors (Lipinski definition) is 1. The molecule has 0 saturated carbocycles. The number of carbonyl (C=O) groups is 2. The lowest BCUT2D eigenvalue weighted by atomic mass is 10.1. The van der Waals surface area contributed by atoms with Crippen LogP contribution >= 0.6 is 0 Å². The Bertz CT molecular complexity index is 1180. The molecule has 37 heavy (non-hydrogen) atoms. The largest absolute Gasteiger partial charge is 0.497 e. The zero-order valence-corrected chi connectivity index (χ0v) is 23.8. The van der Waals surface area contributed by atoms with Gasteiger partial charge in [0.2, 0.25) is 11.8 Å². The van der Waals surface area contributed by atoms with E-state index in [1.807, 2.05) is 38.1 Å². The Hall–Kier alpha value is -3.11. The molecule has 0 radical (unpaired) electrons. The Labute approximate surface area is 221 Å². The maximum absolute atomic E-state index is 13.8. The summed E-state index contributed by atoms with van der Waals surface area (Å²) in [5.74, 6) is -0.164. The second-order valence-corrected chi connectivity index (χ2v) is 11.3. The molecule has 204 valence electrons. The van der Waals surface area contributed by atoms with Gasteiger partial charge in [0.1, 0.15) is 18.3 Å². The zero-order chi connectivity index (χ0) is 27.8. The molecule has 1 N–H and O–H groups in total. The minimum Gasteiger partial charge on any atom is -0.497 e. The van der Waals surface area contributed by atoms with Gasteiger partial charge in [0.15, 0.2) is 0 Å². The van der Waals surface area contributed by atoms with Gasteiger partial charge in [0, 0.05) is 27.2 Å². The summed E-state index contributed by atoms with van der Waals surface area (Å²) in [6.07, 6.45) is 1.75. The van der Waals surface area contributed by atoms with Gasteiger partial charge in [-0.1, -0.05) is 37.6 Å². The molecule has 0 aliphatic rings. The van der Waals surface area contributed by atoms with Crippen molar-refractivity contribution in [2.45, 2.75) is 53.1 Å². The van der Waals surface area contributed by atoms with Crippen LogP contribution in [0.15, 0.2) is 42.5 Å². The normalized spacial score (nSPS) is 12.2. The number of aryl methyl sites for hydroxylation is 2. The summed E-state index contributed by atoms with van der Waals surface area (Å²) >= 11 is 0. The highest BCUT2D eigenvalue weighted by molar-refractivity contribution is 7.90. The first-order chi connectivity index (χ1) is 17.4. The fourth-order valence-corrected chi connectivity index (χ4v) is 4.89. The van der Waals surface area contributed by atoms with E-state index >= 15 is 0 Å². The molecule has 2 amide bonds. The molecule has 0 bridgehead atoms. The van der Waals surface area contributed by atoms with Crippen molar-refractivity contribution in [3.8, 4) is 5.75 Å². The fraction of sp³-hybridized carbons (Fsp3) is 0.481. The maximum atomic E-state index is 13.8. The van der Waals surface area contributed by atoms with E-state index in [1.54, 1.807) is 39.2 Å². The van der Waals surface area contributed by atoms with Gasteiger partial charge in [-0.2, -0.15) is 12.7 Å². The topological polar surface area (TPSA) is 99.3 Å². The first kappa shape index (κ1) is 30.1. The van der Waals surface area contributed by atoms with Crippen LogP contribution in [0, 0.1) is 13.8 Å². The van der Waals surface area contributed by atoms with Gasteiger partial charge in [-0.05, 0) is 62.1 Å². The molecule has 0 spiro atoms. The summed E-state index contributed by atoms with van der Waals surface area (Å²) in [7, 11) is 0.400. The van der Waals surface area contributed by atoms with E-state index in [1.165, 1.54) is 19.0 Å². The summed E-state index contributed by atoms with van der Waals surface area (Å²) < 4.78 is 34.2. The average Bonchev–Trinajstić information content (AvgIpc) is 2.86. The van der Waals surface area contributed by atoms with Gasteiger partial charge >= 0.3 is 10.2 Å². The van der Waals surface area contributed by atoms with E-state index in [0.29, 0.717) is 23.5 Å². The zero-order valence-electron chi connectivity index (χ0n) is 22.9. The van der Waals surface area contributed by atoms with Crippen LogP contribution in [0.1, 0.15) is 43.4 Å². The van der Waals surface area contributed by atoms with Gasteiger partial charge < -0.3 is 15.0 Å². The first-order valence-electron chi connectivity index (χ1n) is 12.4. The Balaban J connectivity index is 2.48. The van der Waals surface area contributed by atoms with E-state index in [4.69, 9.17) is 4.74 Å². The molecule has 0 aliphatic heterocycles. The number of rotatable bonds is 13. The number of carbonyl (C=O) groups excluding carboxylic acids is 2. The summed E-state index contributed by atoms with van der Waals surface area (Å²) in [6.45, 7) is 7.51. The monoisotopic (exact) mass is 532 g/mol. The van der Waals surface area contributed by atoms with Crippen LogP contribution in [-0.4, -0.2) is 69.8 Å². The lowest BCUT2D eigenvalue weighted by Crippen LogP contribution is -2.52. The van der Waals surface area contributed by atoms with Crippen LogP contribution in [0.2, 0.25) is 0 Å². The van der Waals surface area contributed by atoms with Gasteiger partial charge in [-0.3, -0.25) is 9.59 Å². The maximum Gasteiger partial charge on any atom is 0.304 e.